The highest BCUT2D eigenvalue weighted by Gasteiger charge is 2.55. The van der Waals surface area contributed by atoms with Crippen molar-refractivity contribution in [3.05, 3.63) is 45.8 Å². The average molecular weight is 487 g/mol. The fraction of sp³-hybridized carbons (Fsp3) is 0.600. The number of nitrogens with one attached hydrogen (secondary N) is 1. The molecular formula is C25H34N4O4S. The van der Waals surface area contributed by atoms with E-state index in [2.05, 4.69) is 23.2 Å². The first-order valence-corrected chi connectivity index (χ1v) is 13.8. The summed E-state index contributed by atoms with van der Waals surface area (Å²) in [5.74, 6) is 1.73. The van der Waals surface area contributed by atoms with Gasteiger partial charge in [-0.2, -0.15) is 18.7 Å². The van der Waals surface area contributed by atoms with Crippen LogP contribution < -0.4 is 9.32 Å². The van der Waals surface area contributed by atoms with E-state index in [1.807, 2.05) is 27.0 Å². The maximum Gasteiger partial charge on any atom is 0.380 e. The number of carbonyl (C=O) groups is 1. The Morgan fingerprint density at radius 2 is 2.09 bits per heavy atom. The summed E-state index contributed by atoms with van der Waals surface area (Å²) in [6.07, 6.45) is 5.53. The van der Waals surface area contributed by atoms with Gasteiger partial charge in [0.15, 0.2) is 0 Å². The van der Waals surface area contributed by atoms with Crippen molar-refractivity contribution in [3.63, 3.8) is 0 Å². The van der Waals surface area contributed by atoms with Crippen molar-refractivity contribution in [2.75, 3.05) is 13.6 Å². The lowest BCUT2D eigenvalue weighted by atomic mass is 9.55. The summed E-state index contributed by atoms with van der Waals surface area (Å²) in [6.45, 7) is 6.96. The van der Waals surface area contributed by atoms with Gasteiger partial charge in [-0.05, 0) is 86.0 Å². The van der Waals surface area contributed by atoms with E-state index in [-0.39, 0.29) is 11.3 Å². The standard InChI is InChI=1S/C25H34N4O4S/c1-5-14-11-18-15(12-21(14)33-34(26,31)32)7-8-17-16(18)9-10-25(3)20(17)13-19-22(27-28-23(19)25)24(30)29(4)6-2/h11-12,16-17,20H,5-10,13H2,1-4H3,(H,27,28)(H2,26,31,32). The fourth-order valence-corrected chi connectivity index (χ4v) is 7.29. The van der Waals surface area contributed by atoms with Gasteiger partial charge in [0.05, 0.1) is 5.69 Å². The maximum absolute atomic E-state index is 12.9. The van der Waals surface area contributed by atoms with E-state index in [0.717, 1.165) is 54.5 Å². The van der Waals surface area contributed by atoms with Crippen LogP contribution in [0.4, 0.5) is 0 Å². The second kappa shape index (κ2) is 8.09. The van der Waals surface area contributed by atoms with Crippen molar-refractivity contribution in [3.8, 4) is 5.75 Å². The van der Waals surface area contributed by atoms with Crippen molar-refractivity contribution in [2.45, 2.75) is 70.6 Å². The van der Waals surface area contributed by atoms with E-state index in [0.29, 0.717) is 42.2 Å². The molecule has 0 saturated heterocycles. The Labute approximate surface area is 201 Å². The number of nitrogens with zero attached hydrogens (tertiary/aromatic N) is 2. The predicted molar refractivity (Wildman–Crippen MR) is 129 cm³/mol. The first kappa shape index (κ1) is 23.4. The number of hydrogen-bond acceptors (Lipinski definition) is 5. The van der Waals surface area contributed by atoms with Gasteiger partial charge in [-0.15, -0.1) is 0 Å². The zero-order valence-corrected chi connectivity index (χ0v) is 21.2. The number of amides is 1. The lowest BCUT2D eigenvalue weighted by Gasteiger charge is -2.49. The maximum atomic E-state index is 12.9. The third kappa shape index (κ3) is 3.55. The zero-order valence-electron chi connectivity index (χ0n) is 20.3. The number of carbonyl (C=O) groups excluding carboxylic acids is 1. The molecule has 0 spiro atoms. The van der Waals surface area contributed by atoms with Crippen LogP contribution in [0, 0.1) is 11.8 Å². The van der Waals surface area contributed by atoms with E-state index in [1.54, 1.807) is 4.90 Å². The van der Waals surface area contributed by atoms with Crippen LogP contribution in [0.25, 0.3) is 0 Å². The highest BCUT2D eigenvalue weighted by molar-refractivity contribution is 7.84. The molecule has 0 aliphatic heterocycles. The minimum absolute atomic E-state index is 0.0130. The zero-order chi connectivity index (χ0) is 24.4. The average Bonchev–Trinajstić information content (AvgIpc) is 3.34. The fourth-order valence-electron chi connectivity index (χ4n) is 6.88. The molecule has 5 rings (SSSR count). The second-order valence-corrected chi connectivity index (χ2v) is 11.6. The summed E-state index contributed by atoms with van der Waals surface area (Å²) in [7, 11) is -2.24. The Bertz CT molecular complexity index is 1250. The molecule has 3 aliphatic carbocycles. The molecule has 3 N–H and O–H groups in total. The molecule has 1 heterocycles. The first-order chi connectivity index (χ1) is 16.1. The summed E-state index contributed by atoms with van der Waals surface area (Å²) in [5, 5.41) is 12.9. The Hall–Kier alpha value is -2.39. The topological polar surface area (TPSA) is 118 Å². The molecule has 0 radical (unpaired) electrons. The van der Waals surface area contributed by atoms with E-state index >= 15 is 0 Å². The van der Waals surface area contributed by atoms with Gasteiger partial charge >= 0.3 is 10.3 Å². The van der Waals surface area contributed by atoms with Crippen LogP contribution in [0.2, 0.25) is 0 Å². The SMILES string of the molecule is CCc1cc2c(cc1OS(N)(=O)=O)CCC1C2CCC2(C)c3n[nH]c(C(=O)N(C)CC)c3CC12. The van der Waals surface area contributed by atoms with Crippen molar-refractivity contribution in [1.82, 2.24) is 15.1 Å². The molecule has 1 amide bonds. The van der Waals surface area contributed by atoms with Gasteiger partial charge in [0.25, 0.3) is 5.91 Å². The van der Waals surface area contributed by atoms with Crippen LogP contribution >= 0.6 is 0 Å². The van der Waals surface area contributed by atoms with Crippen LogP contribution in [-0.2, 0) is 35.0 Å². The highest BCUT2D eigenvalue weighted by Crippen LogP contribution is 2.60. The molecule has 1 fully saturated rings. The molecular weight excluding hydrogens is 452 g/mol. The number of H-pyrrole nitrogens is 1. The Morgan fingerprint density at radius 3 is 2.76 bits per heavy atom. The van der Waals surface area contributed by atoms with Gasteiger partial charge in [-0.25, -0.2) is 0 Å². The highest BCUT2D eigenvalue weighted by atomic mass is 32.2. The number of aromatic nitrogens is 2. The van der Waals surface area contributed by atoms with Gasteiger partial charge in [0, 0.05) is 24.6 Å². The number of aryl methyl sites for hydroxylation is 2. The van der Waals surface area contributed by atoms with Crippen molar-refractivity contribution in [2.24, 2.45) is 17.0 Å². The van der Waals surface area contributed by atoms with Gasteiger partial charge in [-0.3, -0.25) is 9.89 Å². The van der Waals surface area contributed by atoms with E-state index in [1.165, 1.54) is 5.56 Å². The van der Waals surface area contributed by atoms with Crippen molar-refractivity contribution < 1.29 is 17.4 Å². The summed E-state index contributed by atoms with van der Waals surface area (Å²) in [5.41, 5.74) is 6.18. The number of hydrogen-bond donors (Lipinski definition) is 2. The van der Waals surface area contributed by atoms with Crippen LogP contribution in [0.15, 0.2) is 12.1 Å². The molecule has 34 heavy (non-hydrogen) atoms. The number of fused-ring (bicyclic) bond motifs is 7. The summed E-state index contributed by atoms with van der Waals surface area (Å²) in [4.78, 5) is 14.7. The second-order valence-electron chi connectivity index (χ2n) is 10.4. The molecule has 1 saturated carbocycles. The Morgan fingerprint density at radius 1 is 1.32 bits per heavy atom. The van der Waals surface area contributed by atoms with Gasteiger partial charge in [0.2, 0.25) is 0 Å². The summed E-state index contributed by atoms with van der Waals surface area (Å²) in [6, 6.07) is 4.04. The molecule has 3 aliphatic rings. The molecule has 184 valence electrons. The van der Waals surface area contributed by atoms with Crippen LogP contribution in [0.3, 0.4) is 0 Å². The molecule has 1 aromatic heterocycles. The quantitative estimate of drug-likeness (QED) is 0.673. The molecule has 8 nitrogen and oxygen atoms in total. The summed E-state index contributed by atoms with van der Waals surface area (Å²) < 4.78 is 28.2. The smallest absolute Gasteiger partial charge is 0.371 e. The number of nitrogens with two attached hydrogens (primary N) is 1. The molecule has 0 bridgehead atoms. The first-order valence-electron chi connectivity index (χ1n) is 12.3. The van der Waals surface area contributed by atoms with Crippen LogP contribution in [0.5, 0.6) is 5.75 Å². The molecule has 4 atom stereocenters. The normalized spacial score (nSPS) is 27.4. The monoisotopic (exact) mass is 486 g/mol. The lowest BCUT2D eigenvalue weighted by Crippen LogP contribution is -2.43. The number of aromatic amines is 1. The third-order valence-corrected chi connectivity index (χ3v) is 9.16. The lowest BCUT2D eigenvalue weighted by molar-refractivity contribution is 0.0792. The van der Waals surface area contributed by atoms with E-state index < -0.39 is 10.3 Å². The van der Waals surface area contributed by atoms with E-state index in [4.69, 9.17) is 9.32 Å². The van der Waals surface area contributed by atoms with Crippen molar-refractivity contribution >= 4 is 16.2 Å². The Kier molecular flexibility index (Phi) is 5.55. The minimum atomic E-state index is -4.06. The van der Waals surface area contributed by atoms with Crippen LogP contribution in [-0.4, -0.2) is 43.0 Å². The molecule has 1 aromatic carbocycles. The largest absolute Gasteiger partial charge is 0.380 e. The Balaban J connectivity index is 1.48. The van der Waals surface area contributed by atoms with E-state index in [9.17, 15) is 13.2 Å². The van der Waals surface area contributed by atoms with Crippen molar-refractivity contribution in [1.29, 1.82) is 0 Å². The van der Waals surface area contributed by atoms with Gasteiger partial charge in [0.1, 0.15) is 11.4 Å². The molecule has 9 heteroatoms. The molecule has 4 unspecified atom stereocenters. The number of rotatable bonds is 5. The minimum Gasteiger partial charge on any atom is -0.371 e. The van der Waals surface area contributed by atoms with Gasteiger partial charge < -0.3 is 9.08 Å². The molecule has 2 aromatic rings. The van der Waals surface area contributed by atoms with Crippen LogP contribution in [0.1, 0.15) is 84.4 Å². The predicted octanol–water partition coefficient (Wildman–Crippen LogP) is 3.22. The van der Waals surface area contributed by atoms with Gasteiger partial charge in [-0.1, -0.05) is 19.9 Å². The summed E-state index contributed by atoms with van der Waals surface area (Å²) >= 11 is 0. The number of benzene rings is 1. The third-order valence-electron chi connectivity index (χ3n) is 8.75.